The second-order valence-corrected chi connectivity index (χ2v) is 5.49. The number of nitrogens with zero attached hydrogens (tertiary/aromatic N) is 2. The van der Waals surface area contributed by atoms with Gasteiger partial charge in [0.1, 0.15) is 5.82 Å². The molecule has 0 fully saturated rings. The van der Waals surface area contributed by atoms with Gasteiger partial charge in [-0.15, -0.1) is 0 Å². The summed E-state index contributed by atoms with van der Waals surface area (Å²) in [6, 6.07) is 12.6. The van der Waals surface area contributed by atoms with Gasteiger partial charge in [0.15, 0.2) is 0 Å². The lowest BCUT2D eigenvalue weighted by molar-refractivity contribution is 0.744. The number of hydrogen-bond donors (Lipinski definition) is 1. The van der Waals surface area contributed by atoms with Crippen molar-refractivity contribution in [1.29, 1.82) is 0 Å². The van der Waals surface area contributed by atoms with Crippen LogP contribution in [0.15, 0.2) is 36.4 Å². The number of anilines is 1. The summed E-state index contributed by atoms with van der Waals surface area (Å²) in [4.78, 5) is 7.11. The first kappa shape index (κ1) is 15.5. The van der Waals surface area contributed by atoms with Gasteiger partial charge in [0.05, 0.1) is 0 Å². The Labute approximate surface area is 127 Å². The van der Waals surface area contributed by atoms with Crippen LogP contribution in [0.25, 0.3) is 0 Å². The minimum atomic E-state index is 0.531. The second kappa shape index (κ2) is 7.23. The van der Waals surface area contributed by atoms with Gasteiger partial charge in [0.2, 0.25) is 0 Å². The number of nitrogens with two attached hydrogens (primary N) is 1. The molecule has 2 N–H and O–H groups in total. The van der Waals surface area contributed by atoms with Gasteiger partial charge < -0.3 is 10.6 Å². The molecule has 0 bridgehead atoms. The smallest absolute Gasteiger partial charge is 0.133 e. The zero-order valence-corrected chi connectivity index (χ0v) is 13.3. The molecule has 1 heterocycles. The Hall–Kier alpha value is -1.87. The first-order chi connectivity index (χ1) is 10.2. The summed E-state index contributed by atoms with van der Waals surface area (Å²) in [7, 11) is 0. The van der Waals surface area contributed by atoms with E-state index in [1.807, 2.05) is 13.0 Å². The maximum atomic E-state index is 5.96. The van der Waals surface area contributed by atoms with E-state index in [1.54, 1.807) is 0 Å². The van der Waals surface area contributed by atoms with E-state index < -0.39 is 0 Å². The molecule has 0 aliphatic carbocycles. The van der Waals surface area contributed by atoms with E-state index in [0.717, 1.165) is 36.6 Å². The van der Waals surface area contributed by atoms with E-state index in [1.165, 1.54) is 11.1 Å². The molecule has 1 aromatic heterocycles. The van der Waals surface area contributed by atoms with E-state index in [2.05, 4.69) is 49.1 Å². The van der Waals surface area contributed by atoms with Crippen LogP contribution < -0.4 is 10.6 Å². The molecule has 0 saturated heterocycles. The molecule has 0 spiro atoms. The molecule has 0 aliphatic heterocycles. The highest BCUT2D eigenvalue weighted by atomic mass is 15.2. The second-order valence-electron chi connectivity index (χ2n) is 5.49. The summed E-state index contributed by atoms with van der Waals surface area (Å²) in [5.74, 6) is 1.04. The average molecular weight is 283 g/mol. The lowest BCUT2D eigenvalue weighted by Crippen LogP contribution is -2.27. The number of rotatable bonds is 6. The highest BCUT2D eigenvalue weighted by Crippen LogP contribution is 2.24. The van der Waals surface area contributed by atoms with Gasteiger partial charge in [0.25, 0.3) is 0 Å². The van der Waals surface area contributed by atoms with Crippen molar-refractivity contribution in [2.45, 2.75) is 40.3 Å². The molecule has 3 heteroatoms. The molecular formula is C18H25N3. The maximum Gasteiger partial charge on any atom is 0.133 e. The predicted octanol–water partition coefficient (Wildman–Crippen LogP) is 3.57. The lowest BCUT2D eigenvalue weighted by Gasteiger charge is -2.27. The summed E-state index contributed by atoms with van der Waals surface area (Å²) in [5, 5.41) is 0. The maximum absolute atomic E-state index is 5.96. The molecule has 0 radical (unpaired) electrons. The van der Waals surface area contributed by atoms with Gasteiger partial charge in [-0.1, -0.05) is 37.3 Å². The molecule has 2 rings (SSSR count). The quantitative estimate of drug-likeness (QED) is 0.881. The molecule has 1 aromatic carbocycles. The summed E-state index contributed by atoms with van der Waals surface area (Å²) in [6.45, 7) is 8.75. The number of benzene rings is 1. The van der Waals surface area contributed by atoms with Crippen molar-refractivity contribution in [3.8, 4) is 0 Å². The van der Waals surface area contributed by atoms with Crippen molar-refractivity contribution in [3.63, 3.8) is 0 Å². The van der Waals surface area contributed by atoms with Crippen LogP contribution in [0.1, 0.15) is 35.7 Å². The third kappa shape index (κ3) is 3.82. The first-order valence-corrected chi connectivity index (χ1v) is 7.61. The molecule has 3 nitrogen and oxygen atoms in total. The summed E-state index contributed by atoms with van der Waals surface area (Å²) >= 11 is 0. The normalized spacial score (nSPS) is 10.7. The van der Waals surface area contributed by atoms with E-state index >= 15 is 0 Å². The molecule has 112 valence electrons. The fraction of sp³-hybridized carbons (Fsp3) is 0.389. The predicted molar refractivity (Wildman–Crippen MR) is 89.4 cm³/mol. The molecule has 0 unspecified atom stereocenters. The summed E-state index contributed by atoms with van der Waals surface area (Å²) in [5.41, 5.74) is 10.7. The van der Waals surface area contributed by atoms with Crippen LogP contribution in [-0.4, -0.2) is 11.5 Å². The Balaban J connectivity index is 2.38. The zero-order valence-electron chi connectivity index (χ0n) is 13.3. The third-order valence-corrected chi connectivity index (χ3v) is 3.67. The van der Waals surface area contributed by atoms with Crippen molar-refractivity contribution >= 4 is 5.82 Å². The fourth-order valence-corrected chi connectivity index (χ4v) is 2.69. The van der Waals surface area contributed by atoms with Crippen LogP contribution in [-0.2, 0) is 13.1 Å². The Kier molecular flexibility index (Phi) is 5.34. The Morgan fingerprint density at radius 1 is 1.14 bits per heavy atom. The third-order valence-electron chi connectivity index (χ3n) is 3.67. The van der Waals surface area contributed by atoms with Crippen molar-refractivity contribution < 1.29 is 0 Å². The van der Waals surface area contributed by atoms with E-state index in [9.17, 15) is 0 Å². The van der Waals surface area contributed by atoms with E-state index in [0.29, 0.717) is 6.54 Å². The Morgan fingerprint density at radius 2 is 1.86 bits per heavy atom. The fourth-order valence-electron chi connectivity index (χ4n) is 2.69. The van der Waals surface area contributed by atoms with Crippen molar-refractivity contribution in [3.05, 3.63) is 58.8 Å². The highest BCUT2D eigenvalue weighted by Gasteiger charge is 2.14. The van der Waals surface area contributed by atoms with Gasteiger partial charge in [-0.25, -0.2) is 4.98 Å². The first-order valence-electron chi connectivity index (χ1n) is 7.61. The molecule has 0 saturated carbocycles. The van der Waals surface area contributed by atoms with E-state index in [4.69, 9.17) is 10.7 Å². The zero-order chi connectivity index (χ0) is 15.2. The molecule has 2 aromatic rings. The van der Waals surface area contributed by atoms with Crippen molar-refractivity contribution in [1.82, 2.24) is 4.98 Å². The molecule has 0 amide bonds. The highest BCUT2D eigenvalue weighted by molar-refractivity contribution is 5.52. The average Bonchev–Trinajstić information content (AvgIpc) is 2.47. The monoisotopic (exact) mass is 283 g/mol. The van der Waals surface area contributed by atoms with Gasteiger partial charge >= 0.3 is 0 Å². The topological polar surface area (TPSA) is 42.2 Å². The van der Waals surface area contributed by atoms with Gasteiger partial charge in [-0.3, -0.25) is 0 Å². The number of aryl methyl sites for hydroxylation is 2. The standard InChI is InChI=1S/C18H25N3/c1-4-10-21(13-16-8-6-5-7-9-16)18-17(12-19)14(2)11-15(3)20-18/h5-9,11H,4,10,12-13,19H2,1-3H3. The van der Waals surface area contributed by atoms with Gasteiger partial charge in [0, 0.05) is 30.9 Å². The minimum Gasteiger partial charge on any atom is -0.352 e. The van der Waals surface area contributed by atoms with Gasteiger partial charge in [-0.05, 0) is 37.5 Å². The van der Waals surface area contributed by atoms with Gasteiger partial charge in [-0.2, -0.15) is 0 Å². The van der Waals surface area contributed by atoms with Crippen LogP contribution in [0.5, 0.6) is 0 Å². The van der Waals surface area contributed by atoms with Crippen LogP contribution >= 0.6 is 0 Å². The van der Waals surface area contributed by atoms with Crippen LogP contribution in [0.4, 0.5) is 5.82 Å². The van der Waals surface area contributed by atoms with Crippen LogP contribution in [0.3, 0.4) is 0 Å². The van der Waals surface area contributed by atoms with Crippen LogP contribution in [0, 0.1) is 13.8 Å². The summed E-state index contributed by atoms with van der Waals surface area (Å²) < 4.78 is 0. The Morgan fingerprint density at radius 3 is 2.48 bits per heavy atom. The number of hydrogen-bond acceptors (Lipinski definition) is 3. The largest absolute Gasteiger partial charge is 0.352 e. The SMILES string of the molecule is CCCN(Cc1ccccc1)c1nc(C)cc(C)c1CN. The number of aromatic nitrogens is 1. The molecule has 0 atom stereocenters. The Bertz CT molecular complexity index is 579. The van der Waals surface area contributed by atoms with E-state index in [-0.39, 0.29) is 0 Å². The molecular weight excluding hydrogens is 258 g/mol. The molecule has 0 aliphatic rings. The van der Waals surface area contributed by atoms with Crippen LogP contribution in [0.2, 0.25) is 0 Å². The molecule has 21 heavy (non-hydrogen) atoms. The lowest BCUT2D eigenvalue weighted by atomic mass is 10.1. The summed E-state index contributed by atoms with van der Waals surface area (Å²) in [6.07, 6.45) is 1.09. The number of pyridine rings is 1. The minimum absolute atomic E-state index is 0.531. The van der Waals surface area contributed by atoms with Crippen molar-refractivity contribution in [2.24, 2.45) is 5.73 Å². The van der Waals surface area contributed by atoms with Crippen molar-refractivity contribution in [2.75, 3.05) is 11.4 Å².